The summed E-state index contributed by atoms with van der Waals surface area (Å²) in [4.78, 5) is 28.8. The quantitative estimate of drug-likeness (QED) is 0.593. The molecule has 0 atom stereocenters. The molecule has 3 rings (SSSR count). The lowest BCUT2D eigenvalue weighted by Crippen LogP contribution is -2.34. The Morgan fingerprint density at radius 1 is 1.21 bits per heavy atom. The molecule has 2 aromatic carbocycles. The topological polar surface area (TPSA) is 82.4 Å². The van der Waals surface area contributed by atoms with E-state index in [1.54, 1.807) is 19.2 Å². The Morgan fingerprint density at radius 2 is 1.96 bits per heavy atom. The Hall–Kier alpha value is -2.77. The highest BCUT2D eigenvalue weighted by atomic mass is 35.5. The van der Waals surface area contributed by atoms with E-state index < -0.39 is 5.56 Å². The van der Waals surface area contributed by atoms with Crippen LogP contribution >= 0.6 is 23.2 Å². The van der Waals surface area contributed by atoms with Crippen molar-refractivity contribution in [3.05, 3.63) is 63.1 Å². The van der Waals surface area contributed by atoms with Gasteiger partial charge in [0.25, 0.3) is 5.56 Å². The maximum atomic E-state index is 12.5. The predicted molar refractivity (Wildman–Crippen MR) is 108 cm³/mol. The average molecular weight is 422 g/mol. The molecule has 1 heterocycles. The fourth-order valence-electron chi connectivity index (χ4n) is 2.61. The number of aromatic nitrogens is 2. The molecular formula is C19H17Cl2N3O4. The van der Waals surface area contributed by atoms with Crippen LogP contribution in [0.5, 0.6) is 11.5 Å². The van der Waals surface area contributed by atoms with E-state index in [9.17, 15) is 9.59 Å². The summed E-state index contributed by atoms with van der Waals surface area (Å²) in [6.07, 6.45) is 1.29. The van der Waals surface area contributed by atoms with E-state index in [1.165, 1.54) is 23.0 Å². The molecule has 0 aliphatic rings. The van der Waals surface area contributed by atoms with Crippen molar-refractivity contribution in [2.45, 2.75) is 6.54 Å². The summed E-state index contributed by atoms with van der Waals surface area (Å²) in [7, 11) is 1.56. The minimum Gasteiger partial charge on any atom is -0.493 e. The summed E-state index contributed by atoms with van der Waals surface area (Å²) in [6.45, 7) is 0.340. The molecule has 0 fully saturated rings. The van der Waals surface area contributed by atoms with Gasteiger partial charge in [-0.05, 0) is 24.3 Å². The van der Waals surface area contributed by atoms with Gasteiger partial charge in [0.05, 0.1) is 35.9 Å². The van der Waals surface area contributed by atoms with Gasteiger partial charge in [-0.3, -0.25) is 14.2 Å². The highest BCUT2D eigenvalue weighted by Gasteiger charge is 2.11. The number of amides is 1. The van der Waals surface area contributed by atoms with Gasteiger partial charge in [0.15, 0.2) is 11.5 Å². The lowest BCUT2D eigenvalue weighted by molar-refractivity contribution is -0.121. The number of hydrogen-bond acceptors (Lipinski definition) is 5. The van der Waals surface area contributed by atoms with Crippen molar-refractivity contribution in [1.29, 1.82) is 0 Å². The van der Waals surface area contributed by atoms with Gasteiger partial charge in [0.2, 0.25) is 5.91 Å². The maximum absolute atomic E-state index is 12.5. The molecular weight excluding hydrogens is 405 g/mol. The number of nitrogens with zero attached hydrogens (tertiary/aromatic N) is 2. The van der Waals surface area contributed by atoms with Crippen molar-refractivity contribution in [2.24, 2.45) is 0 Å². The minimum absolute atomic E-state index is 0.180. The molecule has 0 bridgehead atoms. The third kappa shape index (κ3) is 4.55. The Kier molecular flexibility index (Phi) is 6.38. The van der Waals surface area contributed by atoms with Gasteiger partial charge in [-0.25, -0.2) is 4.98 Å². The van der Waals surface area contributed by atoms with Crippen LogP contribution in [0.2, 0.25) is 10.0 Å². The molecule has 0 saturated heterocycles. The van der Waals surface area contributed by atoms with E-state index in [0.29, 0.717) is 22.0 Å². The third-order valence-electron chi connectivity index (χ3n) is 3.91. The molecule has 7 nitrogen and oxygen atoms in total. The molecule has 1 amide bonds. The Balaban J connectivity index is 1.59. The molecule has 0 unspecified atom stereocenters. The van der Waals surface area contributed by atoms with Crippen LogP contribution in [0.15, 0.2) is 47.5 Å². The normalized spacial score (nSPS) is 10.7. The van der Waals surface area contributed by atoms with Crippen molar-refractivity contribution in [3.63, 3.8) is 0 Å². The lowest BCUT2D eigenvalue weighted by Gasteiger charge is -2.11. The Morgan fingerprint density at radius 3 is 2.71 bits per heavy atom. The van der Waals surface area contributed by atoms with Gasteiger partial charge in [-0.2, -0.15) is 0 Å². The van der Waals surface area contributed by atoms with Crippen molar-refractivity contribution >= 4 is 40.0 Å². The van der Waals surface area contributed by atoms with Crippen LogP contribution in [0.3, 0.4) is 0 Å². The van der Waals surface area contributed by atoms with Crippen molar-refractivity contribution in [3.8, 4) is 11.5 Å². The second-order valence-electron chi connectivity index (χ2n) is 5.81. The van der Waals surface area contributed by atoms with Crippen LogP contribution in [-0.2, 0) is 11.3 Å². The fraction of sp³-hybridized carbons (Fsp3) is 0.211. The molecule has 28 heavy (non-hydrogen) atoms. The van der Waals surface area contributed by atoms with Gasteiger partial charge in [0, 0.05) is 5.02 Å². The van der Waals surface area contributed by atoms with E-state index >= 15 is 0 Å². The average Bonchev–Trinajstić information content (AvgIpc) is 2.68. The van der Waals surface area contributed by atoms with Crippen LogP contribution in [0.1, 0.15) is 0 Å². The Labute approximate surface area is 170 Å². The van der Waals surface area contributed by atoms with E-state index in [-0.39, 0.29) is 36.0 Å². The Bertz CT molecular complexity index is 1070. The first-order valence-corrected chi connectivity index (χ1v) is 9.12. The van der Waals surface area contributed by atoms with Crippen molar-refractivity contribution in [2.75, 3.05) is 20.3 Å². The standard InChI is InChI=1S/C19H17Cl2N3O4/c1-27-15-4-2-3-5-16(15)28-7-6-22-17(25)10-24-11-23-18-13(19(24)26)8-12(20)9-14(18)21/h2-5,8-9,11H,6-7,10H2,1H3,(H,22,25). The number of carbonyl (C=O) groups excluding carboxylic acids is 1. The molecule has 0 aliphatic carbocycles. The molecule has 0 aliphatic heterocycles. The van der Waals surface area contributed by atoms with Crippen LogP contribution in [0.4, 0.5) is 0 Å². The number of fused-ring (bicyclic) bond motifs is 1. The first kappa shape index (κ1) is 20.0. The first-order chi connectivity index (χ1) is 13.5. The van der Waals surface area contributed by atoms with E-state index in [1.807, 2.05) is 12.1 Å². The van der Waals surface area contributed by atoms with E-state index in [4.69, 9.17) is 32.7 Å². The summed E-state index contributed by atoms with van der Waals surface area (Å²) in [5, 5.41) is 3.56. The van der Waals surface area contributed by atoms with E-state index in [0.717, 1.165) is 0 Å². The largest absolute Gasteiger partial charge is 0.493 e. The number of benzene rings is 2. The van der Waals surface area contributed by atoms with Gasteiger partial charge in [0.1, 0.15) is 13.2 Å². The fourth-order valence-corrected chi connectivity index (χ4v) is 3.15. The zero-order valence-electron chi connectivity index (χ0n) is 14.9. The molecule has 0 saturated carbocycles. The van der Waals surface area contributed by atoms with Crippen LogP contribution in [0.25, 0.3) is 10.9 Å². The van der Waals surface area contributed by atoms with Crippen molar-refractivity contribution < 1.29 is 14.3 Å². The predicted octanol–water partition coefficient (Wildman–Crippen LogP) is 2.91. The van der Waals surface area contributed by atoms with Crippen LogP contribution < -0.4 is 20.3 Å². The van der Waals surface area contributed by atoms with Gasteiger partial charge in [-0.1, -0.05) is 35.3 Å². The molecule has 0 spiro atoms. The molecule has 9 heteroatoms. The summed E-state index contributed by atoms with van der Waals surface area (Å²) in [6, 6.07) is 10.2. The van der Waals surface area contributed by atoms with Gasteiger partial charge in [-0.15, -0.1) is 0 Å². The number of ether oxygens (including phenoxy) is 2. The number of nitrogens with one attached hydrogen (secondary N) is 1. The highest BCUT2D eigenvalue weighted by Crippen LogP contribution is 2.25. The third-order valence-corrected chi connectivity index (χ3v) is 4.42. The van der Waals surface area contributed by atoms with Gasteiger partial charge < -0.3 is 14.8 Å². The SMILES string of the molecule is COc1ccccc1OCCNC(=O)Cn1cnc2c(Cl)cc(Cl)cc2c1=O. The summed E-state index contributed by atoms with van der Waals surface area (Å²) in [5.74, 6) is 0.850. The minimum atomic E-state index is -0.394. The van der Waals surface area contributed by atoms with Crippen molar-refractivity contribution in [1.82, 2.24) is 14.9 Å². The van der Waals surface area contributed by atoms with Gasteiger partial charge >= 0.3 is 0 Å². The number of carbonyl (C=O) groups is 1. The second-order valence-corrected chi connectivity index (χ2v) is 6.65. The van der Waals surface area contributed by atoms with Crippen LogP contribution in [-0.4, -0.2) is 35.7 Å². The number of rotatable bonds is 7. The first-order valence-electron chi connectivity index (χ1n) is 8.36. The number of para-hydroxylation sites is 2. The smallest absolute Gasteiger partial charge is 0.261 e. The second kappa shape index (κ2) is 8.95. The highest BCUT2D eigenvalue weighted by molar-refractivity contribution is 6.38. The zero-order chi connectivity index (χ0) is 20.1. The monoisotopic (exact) mass is 421 g/mol. The summed E-state index contributed by atoms with van der Waals surface area (Å²) >= 11 is 12.0. The maximum Gasteiger partial charge on any atom is 0.261 e. The molecule has 3 aromatic rings. The number of methoxy groups -OCH3 is 1. The molecule has 1 aromatic heterocycles. The number of hydrogen-bond donors (Lipinski definition) is 1. The zero-order valence-corrected chi connectivity index (χ0v) is 16.5. The van der Waals surface area contributed by atoms with Crippen LogP contribution in [0, 0.1) is 0 Å². The summed E-state index contributed by atoms with van der Waals surface area (Å²) in [5.41, 5.74) is -0.0484. The molecule has 1 N–H and O–H groups in total. The molecule has 146 valence electrons. The lowest BCUT2D eigenvalue weighted by atomic mass is 10.2. The summed E-state index contributed by atoms with van der Waals surface area (Å²) < 4.78 is 12.0. The molecule has 0 radical (unpaired) electrons. The van der Waals surface area contributed by atoms with E-state index in [2.05, 4.69) is 10.3 Å². The number of halogens is 2.